The molecule has 1 aromatic carbocycles. The van der Waals surface area contributed by atoms with E-state index >= 15 is 0 Å². The van der Waals surface area contributed by atoms with Crippen molar-refractivity contribution in [3.05, 3.63) is 41.3 Å². The van der Waals surface area contributed by atoms with Gasteiger partial charge in [-0.15, -0.1) is 0 Å². The molecule has 1 aliphatic rings. The van der Waals surface area contributed by atoms with Crippen molar-refractivity contribution in [2.45, 2.75) is 32.6 Å². The Kier molecular flexibility index (Phi) is 4.76. The van der Waals surface area contributed by atoms with Gasteiger partial charge in [0.25, 0.3) is 0 Å². The van der Waals surface area contributed by atoms with Gasteiger partial charge in [0.15, 0.2) is 0 Å². The third-order valence-electron chi connectivity index (χ3n) is 4.19. The summed E-state index contributed by atoms with van der Waals surface area (Å²) in [6, 6.07) is 8.03. The molecule has 1 fully saturated rings. The summed E-state index contributed by atoms with van der Waals surface area (Å²) in [5.41, 5.74) is 3.25. The highest BCUT2D eigenvalue weighted by Crippen LogP contribution is 2.28. The second-order valence-corrected chi connectivity index (χ2v) is 5.92. The molecule has 0 saturated carbocycles. The van der Waals surface area contributed by atoms with Crippen LogP contribution in [0.25, 0.3) is 0 Å². The maximum absolute atomic E-state index is 5.44. The van der Waals surface area contributed by atoms with Crippen LogP contribution in [-0.4, -0.2) is 30.3 Å². The number of aromatic nitrogens is 2. The number of benzene rings is 1. The third-order valence-corrected chi connectivity index (χ3v) is 4.19. The quantitative estimate of drug-likeness (QED) is 0.932. The molecule has 2 aromatic rings. The molecule has 0 unspecified atom stereocenters. The van der Waals surface area contributed by atoms with E-state index in [1.54, 1.807) is 7.11 Å². The van der Waals surface area contributed by atoms with E-state index in [9.17, 15) is 0 Å². The summed E-state index contributed by atoms with van der Waals surface area (Å²) in [4.78, 5) is 9.15. The van der Waals surface area contributed by atoms with Crippen molar-refractivity contribution in [1.82, 2.24) is 9.97 Å². The van der Waals surface area contributed by atoms with Crippen LogP contribution in [0.4, 0.5) is 11.5 Å². The molecule has 5 heteroatoms. The van der Waals surface area contributed by atoms with Gasteiger partial charge in [0.2, 0.25) is 0 Å². The number of aryl methyl sites for hydroxylation is 2. The highest BCUT2D eigenvalue weighted by molar-refractivity contribution is 5.62. The monoisotopic (exact) mass is 313 g/mol. The standard InChI is InChI=1S/C18H23N3O2/c1-12-10-15(22-3)4-5-16(12)21-18-11-17(19-13(2)20-18)14-6-8-23-9-7-14/h4-5,10-11,14H,6-9H2,1-3H3,(H,19,20,21). The first-order chi connectivity index (χ1) is 11.2. The van der Waals surface area contributed by atoms with E-state index in [1.165, 1.54) is 0 Å². The van der Waals surface area contributed by atoms with Gasteiger partial charge < -0.3 is 14.8 Å². The molecule has 0 atom stereocenters. The molecule has 1 saturated heterocycles. The summed E-state index contributed by atoms with van der Waals surface area (Å²) >= 11 is 0. The molecule has 0 spiro atoms. The Morgan fingerprint density at radius 1 is 1.13 bits per heavy atom. The fourth-order valence-electron chi connectivity index (χ4n) is 2.90. The van der Waals surface area contributed by atoms with Gasteiger partial charge in [0.05, 0.1) is 7.11 Å². The molecular weight excluding hydrogens is 290 g/mol. The van der Waals surface area contributed by atoms with Crippen LogP contribution in [0.5, 0.6) is 5.75 Å². The molecule has 1 N–H and O–H groups in total. The van der Waals surface area contributed by atoms with E-state index in [4.69, 9.17) is 9.47 Å². The van der Waals surface area contributed by atoms with Crippen molar-refractivity contribution in [3.8, 4) is 5.75 Å². The van der Waals surface area contributed by atoms with Crippen LogP contribution in [0.3, 0.4) is 0 Å². The summed E-state index contributed by atoms with van der Waals surface area (Å²) in [5.74, 6) is 2.95. The molecule has 0 aliphatic carbocycles. The zero-order valence-corrected chi connectivity index (χ0v) is 13.9. The zero-order valence-electron chi connectivity index (χ0n) is 13.9. The summed E-state index contributed by atoms with van der Waals surface area (Å²) in [5, 5.41) is 3.41. The van der Waals surface area contributed by atoms with Gasteiger partial charge in [-0.1, -0.05) is 0 Å². The average molecular weight is 313 g/mol. The average Bonchev–Trinajstić information content (AvgIpc) is 2.57. The number of nitrogens with zero attached hydrogens (tertiary/aromatic N) is 2. The predicted octanol–water partition coefficient (Wildman–Crippen LogP) is 3.74. The van der Waals surface area contributed by atoms with Gasteiger partial charge in [0, 0.05) is 36.6 Å². The Balaban J connectivity index is 1.83. The molecule has 2 heterocycles. The Hall–Kier alpha value is -2.14. The molecule has 23 heavy (non-hydrogen) atoms. The van der Waals surface area contributed by atoms with Gasteiger partial charge in [-0.2, -0.15) is 0 Å². The Bertz CT molecular complexity index is 682. The van der Waals surface area contributed by atoms with Gasteiger partial charge in [-0.25, -0.2) is 9.97 Å². The minimum atomic E-state index is 0.461. The van der Waals surface area contributed by atoms with Crippen molar-refractivity contribution in [3.63, 3.8) is 0 Å². The normalized spacial score (nSPS) is 15.4. The zero-order chi connectivity index (χ0) is 16.2. The topological polar surface area (TPSA) is 56.3 Å². The number of rotatable bonds is 4. The molecular formula is C18H23N3O2. The number of hydrogen-bond donors (Lipinski definition) is 1. The van der Waals surface area contributed by atoms with Gasteiger partial charge >= 0.3 is 0 Å². The fraction of sp³-hybridized carbons (Fsp3) is 0.444. The molecule has 3 rings (SSSR count). The maximum Gasteiger partial charge on any atom is 0.134 e. The van der Waals surface area contributed by atoms with Crippen molar-refractivity contribution in [2.75, 3.05) is 25.6 Å². The van der Waals surface area contributed by atoms with Crippen LogP contribution < -0.4 is 10.1 Å². The smallest absolute Gasteiger partial charge is 0.134 e. The van der Waals surface area contributed by atoms with Crippen molar-refractivity contribution < 1.29 is 9.47 Å². The lowest BCUT2D eigenvalue weighted by Gasteiger charge is -2.22. The maximum atomic E-state index is 5.44. The number of hydrogen-bond acceptors (Lipinski definition) is 5. The third kappa shape index (κ3) is 3.79. The van der Waals surface area contributed by atoms with E-state index in [0.717, 1.165) is 60.4 Å². The van der Waals surface area contributed by atoms with E-state index in [0.29, 0.717) is 5.92 Å². The second kappa shape index (κ2) is 6.96. The van der Waals surface area contributed by atoms with Crippen molar-refractivity contribution >= 4 is 11.5 Å². The predicted molar refractivity (Wildman–Crippen MR) is 90.6 cm³/mol. The van der Waals surface area contributed by atoms with E-state index in [2.05, 4.69) is 28.3 Å². The highest BCUT2D eigenvalue weighted by atomic mass is 16.5. The van der Waals surface area contributed by atoms with Gasteiger partial charge in [-0.3, -0.25) is 0 Å². The van der Waals surface area contributed by atoms with Gasteiger partial charge in [0.1, 0.15) is 17.4 Å². The summed E-state index contributed by atoms with van der Waals surface area (Å²) in [6.07, 6.45) is 2.05. The summed E-state index contributed by atoms with van der Waals surface area (Å²) < 4.78 is 10.7. The Morgan fingerprint density at radius 3 is 2.61 bits per heavy atom. The minimum absolute atomic E-state index is 0.461. The van der Waals surface area contributed by atoms with Crippen LogP contribution in [0.15, 0.2) is 24.3 Å². The molecule has 1 aromatic heterocycles. The first-order valence-corrected chi connectivity index (χ1v) is 8.00. The van der Waals surface area contributed by atoms with Gasteiger partial charge in [-0.05, 0) is 50.5 Å². The first-order valence-electron chi connectivity index (χ1n) is 8.00. The van der Waals surface area contributed by atoms with Crippen LogP contribution in [0, 0.1) is 13.8 Å². The number of ether oxygens (including phenoxy) is 2. The number of anilines is 2. The number of methoxy groups -OCH3 is 1. The Labute approximate surface area is 137 Å². The molecule has 0 bridgehead atoms. The van der Waals surface area contributed by atoms with Crippen molar-refractivity contribution in [1.29, 1.82) is 0 Å². The summed E-state index contributed by atoms with van der Waals surface area (Å²) in [6.45, 7) is 5.62. The van der Waals surface area contributed by atoms with Crippen LogP contribution in [-0.2, 0) is 4.74 Å². The molecule has 0 radical (unpaired) electrons. The SMILES string of the molecule is COc1ccc(Nc2cc(C3CCOCC3)nc(C)n2)c(C)c1. The van der Waals surface area contributed by atoms with E-state index in [1.807, 2.05) is 25.1 Å². The fourth-order valence-corrected chi connectivity index (χ4v) is 2.90. The number of nitrogens with one attached hydrogen (secondary N) is 1. The lowest BCUT2D eigenvalue weighted by atomic mass is 9.96. The minimum Gasteiger partial charge on any atom is -0.497 e. The summed E-state index contributed by atoms with van der Waals surface area (Å²) in [7, 11) is 1.68. The highest BCUT2D eigenvalue weighted by Gasteiger charge is 2.18. The molecule has 0 amide bonds. The lowest BCUT2D eigenvalue weighted by Crippen LogP contribution is -2.16. The molecule has 122 valence electrons. The van der Waals surface area contributed by atoms with Crippen LogP contribution >= 0.6 is 0 Å². The molecule has 5 nitrogen and oxygen atoms in total. The van der Waals surface area contributed by atoms with Crippen molar-refractivity contribution in [2.24, 2.45) is 0 Å². The van der Waals surface area contributed by atoms with Crippen LogP contribution in [0.1, 0.15) is 35.8 Å². The first kappa shape index (κ1) is 15.7. The molecule has 1 aliphatic heterocycles. The largest absolute Gasteiger partial charge is 0.497 e. The second-order valence-electron chi connectivity index (χ2n) is 5.92. The Morgan fingerprint density at radius 2 is 1.91 bits per heavy atom. The van der Waals surface area contributed by atoms with E-state index in [-0.39, 0.29) is 0 Å². The van der Waals surface area contributed by atoms with Crippen LogP contribution in [0.2, 0.25) is 0 Å². The lowest BCUT2D eigenvalue weighted by molar-refractivity contribution is 0.0844. The van der Waals surface area contributed by atoms with E-state index < -0.39 is 0 Å².